The monoisotopic (exact) mass is 200 g/mol. The highest BCUT2D eigenvalue weighted by atomic mass is 14.9. The van der Waals surface area contributed by atoms with Crippen LogP contribution in [0.2, 0.25) is 0 Å². The van der Waals surface area contributed by atoms with Crippen molar-refractivity contribution in [1.82, 2.24) is 5.32 Å². The molecule has 0 rings (SSSR count). The van der Waals surface area contributed by atoms with E-state index in [4.69, 9.17) is 5.73 Å². The van der Waals surface area contributed by atoms with Gasteiger partial charge in [-0.3, -0.25) is 0 Å². The predicted octanol–water partition coefficient (Wildman–Crippen LogP) is 2.24. The molecule has 1 atom stereocenters. The largest absolute Gasteiger partial charge is 0.330 e. The highest BCUT2D eigenvalue weighted by molar-refractivity contribution is 4.84. The number of nitrogens with one attached hydrogen (secondary N) is 1. The van der Waals surface area contributed by atoms with Crippen molar-refractivity contribution >= 4 is 0 Å². The molecule has 86 valence electrons. The molecule has 0 aliphatic heterocycles. The minimum absolute atomic E-state index is 0.321. The molecule has 0 amide bonds. The average Bonchev–Trinajstić information content (AvgIpc) is 2.01. The fourth-order valence-corrected chi connectivity index (χ4v) is 0.980. The van der Waals surface area contributed by atoms with E-state index in [2.05, 4.69) is 46.9 Å². The lowest BCUT2D eigenvalue weighted by molar-refractivity contribution is 0.128. The maximum atomic E-state index is 5.57. The van der Waals surface area contributed by atoms with Gasteiger partial charge >= 0.3 is 0 Å². The molecule has 0 aromatic carbocycles. The molecule has 0 spiro atoms. The van der Waals surface area contributed by atoms with Crippen LogP contribution in [0.1, 0.15) is 41.5 Å². The van der Waals surface area contributed by atoms with Crippen molar-refractivity contribution in [2.75, 3.05) is 19.6 Å². The maximum absolute atomic E-state index is 5.57. The molecular formula is C12H28N2. The molecule has 0 fully saturated rings. The summed E-state index contributed by atoms with van der Waals surface area (Å²) in [5.41, 5.74) is 6.23. The third-order valence-electron chi connectivity index (χ3n) is 3.49. The Hall–Kier alpha value is -0.0800. The molecule has 0 aliphatic rings. The van der Waals surface area contributed by atoms with Crippen molar-refractivity contribution < 1.29 is 0 Å². The van der Waals surface area contributed by atoms with E-state index in [-0.39, 0.29) is 0 Å². The normalized spacial score (nSPS) is 15.6. The van der Waals surface area contributed by atoms with Gasteiger partial charge in [0.1, 0.15) is 0 Å². The van der Waals surface area contributed by atoms with Crippen LogP contribution in [0.5, 0.6) is 0 Å². The van der Waals surface area contributed by atoms with Crippen molar-refractivity contribution in [1.29, 1.82) is 0 Å². The van der Waals surface area contributed by atoms with Gasteiger partial charge in [-0.15, -0.1) is 0 Å². The third kappa shape index (κ3) is 4.43. The first-order valence-corrected chi connectivity index (χ1v) is 5.61. The van der Waals surface area contributed by atoms with E-state index >= 15 is 0 Å². The summed E-state index contributed by atoms with van der Waals surface area (Å²) in [6, 6.07) is 0. The predicted molar refractivity (Wildman–Crippen MR) is 64.3 cm³/mol. The van der Waals surface area contributed by atoms with E-state index in [0.29, 0.717) is 16.7 Å². The Labute approximate surface area is 89.6 Å². The van der Waals surface area contributed by atoms with E-state index < -0.39 is 0 Å². The summed E-state index contributed by atoms with van der Waals surface area (Å²) in [5.74, 6) is 0.575. The van der Waals surface area contributed by atoms with E-state index in [1.54, 1.807) is 0 Å². The topological polar surface area (TPSA) is 38.0 Å². The van der Waals surface area contributed by atoms with Crippen LogP contribution in [-0.2, 0) is 0 Å². The summed E-state index contributed by atoms with van der Waals surface area (Å²) in [7, 11) is 0. The zero-order valence-electron chi connectivity index (χ0n) is 10.8. The molecule has 0 aromatic rings. The van der Waals surface area contributed by atoms with Gasteiger partial charge in [0.05, 0.1) is 0 Å². The van der Waals surface area contributed by atoms with Crippen LogP contribution >= 0.6 is 0 Å². The number of rotatable bonds is 5. The first-order chi connectivity index (χ1) is 6.20. The number of hydrogen-bond donors (Lipinski definition) is 2. The molecule has 0 bridgehead atoms. The number of nitrogens with two attached hydrogens (primary N) is 1. The van der Waals surface area contributed by atoms with Gasteiger partial charge in [0, 0.05) is 6.54 Å². The molecule has 0 aliphatic carbocycles. The Morgan fingerprint density at radius 3 is 2.00 bits per heavy atom. The minimum Gasteiger partial charge on any atom is -0.330 e. The van der Waals surface area contributed by atoms with Crippen molar-refractivity contribution in [3.05, 3.63) is 0 Å². The zero-order valence-corrected chi connectivity index (χ0v) is 10.8. The van der Waals surface area contributed by atoms with Gasteiger partial charge in [0.25, 0.3) is 0 Å². The summed E-state index contributed by atoms with van der Waals surface area (Å²) >= 11 is 0. The van der Waals surface area contributed by atoms with Crippen LogP contribution in [0.3, 0.4) is 0 Å². The number of hydrogen-bond acceptors (Lipinski definition) is 2. The molecule has 0 saturated heterocycles. The highest BCUT2D eigenvalue weighted by Crippen LogP contribution is 2.36. The molecule has 1 unspecified atom stereocenters. The second-order valence-corrected chi connectivity index (χ2v) is 6.11. The van der Waals surface area contributed by atoms with E-state index in [9.17, 15) is 0 Å². The Kier molecular flexibility index (Phi) is 5.10. The zero-order chi connectivity index (χ0) is 11.4. The van der Waals surface area contributed by atoms with Gasteiger partial charge in [0.2, 0.25) is 0 Å². The second kappa shape index (κ2) is 5.13. The van der Waals surface area contributed by atoms with E-state index in [1.165, 1.54) is 0 Å². The van der Waals surface area contributed by atoms with Crippen LogP contribution in [-0.4, -0.2) is 19.6 Å². The van der Waals surface area contributed by atoms with Gasteiger partial charge in [0.15, 0.2) is 0 Å². The van der Waals surface area contributed by atoms with Crippen LogP contribution in [0, 0.1) is 16.7 Å². The summed E-state index contributed by atoms with van der Waals surface area (Å²) in [4.78, 5) is 0. The summed E-state index contributed by atoms with van der Waals surface area (Å²) in [5, 5.41) is 3.50. The first kappa shape index (κ1) is 13.9. The smallest absolute Gasteiger partial charge is 0.000765 e. The first-order valence-electron chi connectivity index (χ1n) is 5.61. The summed E-state index contributed by atoms with van der Waals surface area (Å²) in [6.07, 6.45) is 0. The Morgan fingerprint density at radius 1 is 1.14 bits per heavy atom. The quantitative estimate of drug-likeness (QED) is 0.714. The van der Waals surface area contributed by atoms with Gasteiger partial charge < -0.3 is 11.1 Å². The highest BCUT2D eigenvalue weighted by Gasteiger charge is 2.32. The molecule has 0 radical (unpaired) electrons. The van der Waals surface area contributed by atoms with Crippen LogP contribution in [0.15, 0.2) is 0 Å². The molecular weight excluding hydrogens is 172 g/mol. The van der Waals surface area contributed by atoms with E-state index in [0.717, 1.165) is 19.6 Å². The minimum atomic E-state index is 0.321. The summed E-state index contributed by atoms with van der Waals surface area (Å²) < 4.78 is 0. The fraction of sp³-hybridized carbons (Fsp3) is 1.00. The fourth-order valence-electron chi connectivity index (χ4n) is 0.980. The van der Waals surface area contributed by atoms with E-state index in [1.807, 2.05) is 0 Å². The van der Waals surface area contributed by atoms with Gasteiger partial charge in [-0.1, -0.05) is 41.5 Å². The third-order valence-corrected chi connectivity index (χ3v) is 3.49. The average molecular weight is 200 g/mol. The molecule has 0 heterocycles. The standard InChI is InChI=1S/C12H28N2/c1-10(7-13)8-14-9-12(5,6)11(2,3)4/h10,14H,7-9,13H2,1-6H3. The van der Waals surface area contributed by atoms with Crippen molar-refractivity contribution in [3.63, 3.8) is 0 Å². The maximum Gasteiger partial charge on any atom is 0.000765 e. The SMILES string of the molecule is CC(CN)CNCC(C)(C)C(C)(C)C. The van der Waals surface area contributed by atoms with Crippen LogP contribution in [0.25, 0.3) is 0 Å². The Bertz CT molecular complexity index is 156. The van der Waals surface area contributed by atoms with Gasteiger partial charge in [-0.2, -0.15) is 0 Å². The van der Waals surface area contributed by atoms with Crippen LogP contribution < -0.4 is 11.1 Å². The molecule has 14 heavy (non-hydrogen) atoms. The van der Waals surface area contributed by atoms with Crippen molar-refractivity contribution in [2.24, 2.45) is 22.5 Å². The molecule has 3 N–H and O–H groups in total. The lowest BCUT2D eigenvalue weighted by atomic mass is 9.69. The van der Waals surface area contributed by atoms with Gasteiger partial charge in [-0.05, 0) is 29.8 Å². The van der Waals surface area contributed by atoms with Crippen molar-refractivity contribution in [2.45, 2.75) is 41.5 Å². The lowest BCUT2D eigenvalue weighted by Gasteiger charge is -2.39. The van der Waals surface area contributed by atoms with Crippen LogP contribution in [0.4, 0.5) is 0 Å². The molecule has 2 heteroatoms. The Morgan fingerprint density at radius 2 is 1.64 bits per heavy atom. The lowest BCUT2D eigenvalue weighted by Crippen LogP contribution is -2.41. The summed E-state index contributed by atoms with van der Waals surface area (Å²) in [6.45, 7) is 16.5. The Balaban J connectivity index is 3.89. The van der Waals surface area contributed by atoms with Gasteiger partial charge in [-0.25, -0.2) is 0 Å². The van der Waals surface area contributed by atoms with Crippen molar-refractivity contribution in [3.8, 4) is 0 Å². The molecule has 0 saturated carbocycles. The molecule has 0 aromatic heterocycles. The molecule has 2 nitrogen and oxygen atoms in total. The second-order valence-electron chi connectivity index (χ2n) is 6.11.